The molecule has 1 heterocycles. The van der Waals surface area contributed by atoms with E-state index in [0.717, 1.165) is 17.2 Å². The van der Waals surface area contributed by atoms with E-state index < -0.39 is 11.7 Å². The number of fused-ring (bicyclic) bond motifs is 1. The zero-order valence-corrected chi connectivity index (χ0v) is 12.2. The Morgan fingerprint density at radius 3 is 2.41 bits per heavy atom. The van der Waals surface area contributed by atoms with Gasteiger partial charge >= 0.3 is 6.18 Å². The largest absolute Gasteiger partial charge is 0.416 e. The number of aryl methyl sites for hydroxylation is 2. The highest BCUT2D eigenvalue weighted by Crippen LogP contribution is 2.36. The first-order valence-electron chi connectivity index (χ1n) is 6.87. The highest BCUT2D eigenvalue weighted by atomic mass is 19.4. The second kappa shape index (κ2) is 4.87. The SMILES string of the molecule is Cc1ccc(N2Cc3cccc(C)c3C2=O)cc1C(F)(F)F. The summed E-state index contributed by atoms with van der Waals surface area (Å²) in [6, 6.07) is 9.52. The Kier molecular flexibility index (Phi) is 3.24. The number of benzene rings is 2. The number of amides is 1. The number of anilines is 1. The minimum absolute atomic E-state index is 0.150. The fourth-order valence-electron chi connectivity index (χ4n) is 2.84. The van der Waals surface area contributed by atoms with Crippen molar-refractivity contribution < 1.29 is 18.0 Å². The molecule has 0 atom stereocenters. The Bertz CT molecular complexity index is 765. The molecular weight excluding hydrogens is 291 g/mol. The molecule has 2 aromatic carbocycles. The number of hydrogen-bond donors (Lipinski definition) is 0. The van der Waals surface area contributed by atoms with E-state index in [1.54, 1.807) is 6.07 Å². The van der Waals surface area contributed by atoms with Crippen molar-refractivity contribution in [2.24, 2.45) is 0 Å². The standard InChI is InChI=1S/C17H14F3NO/c1-10-6-7-13(8-14(10)17(18,19)20)21-9-12-5-3-4-11(2)15(12)16(21)22/h3-8H,9H2,1-2H3. The van der Waals surface area contributed by atoms with Crippen molar-refractivity contribution in [3.05, 3.63) is 64.2 Å². The summed E-state index contributed by atoms with van der Waals surface area (Å²) in [4.78, 5) is 13.9. The smallest absolute Gasteiger partial charge is 0.304 e. The molecule has 2 nitrogen and oxygen atoms in total. The average molecular weight is 305 g/mol. The molecule has 0 aromatic heterocycles. The second-order valence-corrected chi connectivity index (χ2v) is 5.50. The van der Waals surface area contributed by atoms with Crippen molar-refractivity contribution in [1.82, 2.24) is 0 Å². The third kappa shape index (κ3) is 2.26. The van der Waals surface area contributed by atoms with Crippen LogP contribution < -0.4 is 4.90 Å². The molecule has 5 heteroatoms. The number of alkyl halides is 3. The van der Waals surface area contributed by atoms with Gasteiger partial charge in [0.1, 0.15) is 0 Å². The van der Waals surface area contributed by atoms with E-state index in [4.69, 9.17) is 0 Å². The zero-order valence-electron chi connectivity index (χ0n) is 12.2. The van der Waals surface area contributed by atoms with Crippen molar-refractivity contribution in [2.75, 3.05) is 4.90 Å². The van der Waals surface area contributed by atoms with Gasteiger partial charge in [-0.05, 0) is 42.7 Å². The van der Waals surface area contributed by atoms with Gasteiger partial charge in [-0.2, -0.15) is 13.2 Å². The van der Waals surface area contributed by atoms with Gasteiger partial charge in [0.05, 0.1) is 12.1 Å². The van der Waals surface area contributed by atoms with Gasteiger partial charge in [-0.25, -0.2) is 0 Å². The summed E-state index contributed by atoms with van der Waals surface area (Å²) >= 11 is 0. The monoisotopic (exact) mass is 305 g/mol. The third-order valence-electron chi connectivity index (χ3n) is 3.98. The Morgan fingerprint density at radius 2 is 1.77 bits per heavy atom. The Hall–Kier alpha value is -2.30. The van der Waals surface area contributed by atoms with Crippen LogP contribution in [0.3, 0.4) is 0 Å². The predicted octanol–water partition coefficient (Wildman–Crippen LogP) is 4.48. The molecule has 0 radical (unpaired) electrons. The van der Waals surface area contributed by atoms with Gasteiger partial charge in [0, 0.05) is 11.3 Å². The fraction of sp³-hybridized carbons (Fsp3) is 0.235. The van der Waals surface area contributed by atoms with Crippen LogP contribution in [0.1, 0.15) is 32.6 Å². The lowest BCUT2D eigenvalue weighted by Crippen LogP contribution is -2.24. The van der Waals surface area contributed by atoms with Crippen LogP contribution in [0.4, 0.5) is 18.9 Å². The van der Waals surface area contributed by atoms with Gasteiger partial charge in [-0.3, -0.25) is 4.79 Å². The maximum atomic E-state index is 13.0. The summed E-state index contributed by atoms with van der Waals surface area (Å²) in [6.07, 6.45) is -4.42. The van der Waals surface area contributed by atoms with Gasteiger partial charge in [0.15, 0.2) is 0 Å². The van der Waals surface area contributed by atoms with Crippen LogP contribution in [0.25, 0.3) is 0 Å². The van der Waals surface area contributed by atoms with Crippen LogP contribution in [0.15, 0.2) is 36.4 Å². The molecule has 1 amide bonds. The van der Waals surface area contributed by atoms with E-state index in [1.807, 2.05) is 25.1 Å². The molecule has 3 rings (SSSR count). The maximum Gasteiger partial charge on any atom is 0.416 e. The maximum absolute atomic E-state index is 13.0. The summed E-state index contributed by atoms with van der Waals surface area (Å²) < 4.78 is 39.1. The predicted molar refractivity (Wildman–Crippen MR) is 77.9 cm³/mol. The lowest BCUT2D eigenvalue weighted by molar-refractivity contribution is -0.138. The number of carbonyl (C=O) groups excluding carboxylic acids is 1. The number of carbonyl (C=O) groups is 1. The van der Waals surface area contributed by atoms with E-state index >= 15 is 0 Å². The number of nitrogens with zero attached hydrogens (tertiary/aromatic N) is 1. The first-order chi connectivity index (χ1) is 10.3. The highest BCUT2D eigenvalue weighted by Gasteiger charge is 2.35. The quantitative estimate of drug-likeness (QED) is 0.760. The fourth-order valence-corrected chi connectivity index (χ4v) is 2.84. The van der Waals surface area contributed by atoms with E-state index in [-0.39, 0.29) is 17.2 Å². The van der Waals surface area contributed by atoms with Gasteiger partial charge in [0.25, 0.3) is 5.91 Å². The van der Waals surface area contributed by atoms with E-state index in [0.29, 0.717) is 12.1 Å². The molecule has 0 unspecified atom stereocenters. The first kappa shape index (κ1) is 14.6. The van der Waals surface area contributed by atoms with Crippen molar-refractivity contribution >= 4 is 11.6 Å². The first-order valence-corrected chi connectivity index (χ1v) is 6.87. The molecule has 1 aliphatic rings. The molecule has 0 fully saturated rings. The summed E-state index contributed by atoms with van der Waals surface area (Å²) in [5.74, 6) is -0.245. The average Bonchev–Trinajstić information content (AvgIpc) is 2.77. The van der Waals surface area contributed by atoms with Gasteiger partial charge in [-0.15, -0.1) is 0 Å². The van der Waals surface area contributed by atoms with Crippen molar-refractivity contribution in [3.63, 3.8) is 0 Å². The molecule has 2 aromatic rings. The number of rotatable bonds is 1. The van der Waals surface area contributed by atoms with Crippen molar-refractivity contribution in [2.45, 2.75) is 26.6 Å². The molecule has 0 N–H and O–H groups in total. The van der Waals surface area contributed by atoms with Crippen LogP contribution in [0, 0.1) is 13.8 Å². The lowest BCUT2D eigenvalue weighted by Gasteiger charge is -2.19. The zero-order chi connectivity index (χ0) is 16.1. The van der Waals surface area contributed by atoms with Crippen LogP contribution in [-0.2, 0) is 12.7 Å². The van der Waals surface area contributed by atoms with Crippen molar-refractivity contribution in [1.29, 1.82) is 0 Å². The van der Waals surface area contributed by atoms with Crippen molar-refractivity contribution in [3.8, 4) is 0 Å². The number of hydrogen-bond acceptors (Lipinski definition) is 1. The van der Waals surface area contributed by atoms with Gasteiger partial charge in [-0.1, -0.05) is 24.3 Å². The van der Waals surface area contributed by atoms with E-state index in [2.05, 4.69) is 0 Å². The third-order valence-corrected chi connectivity index (χ3v) is 3.98. The van der Waals surface area contributed by atoms with Crippen LogP contribution >= 0.6 is 0 Å². The topological polar surface area (TPSA) is 20.3 Å². The van der Waals surface area contributed by atoms with Crippen LogP contribution in [0.2, 0.25) is 0 Å². The summed E-state index contributed by atoms with van der Waals surface area (Å²) in [7, 11) is 0. The van der Waals surface area contributed by atoms with Gasteiger partial charge in [0.2, 0.25) is 0 Å². The van der Waals surface area contributed by atoms with E-state index in [1.165, 1.54) is 17.9 Å². The van der Waals surface area contributed by atoms with E-state index in [9.17, 15) is 18.0 Å². The minimum Gasteiger partial charge on any atom is -0.304 e. The molecule has 22 heavy (non-hydrogen) atoms. The molecule has 114 valence electrons. The summed E-state index contributed by atoms with van der Waals surface area (Å²) in [5, 5.41) is 0. The molecule has 0 aliphatic carbocycles. The Labute approximate surface area is 126 Å². The highest BCUT2D eigenvalue weighted by molar-refractivity contribution is 6.11. The molecule has 0 saturated heterocycles. The summed E-state index contributed by atoms with van der Waals surface area (Å²) in [5.41, 5.74) is 2.00. The Morgan fingerprint density at radius 1 is 1.05 bits per heavy atom. The summed E-state index contributed by atoms with van der Waals surface area (Å²) in [6.45, 7) is 3.55. The molecule has 0 bridgehead atoms. The van der Waals surface area contributed by atoms with Crippen LogP contribution in [-0.4, -0.2) is 5.91 Å². The Balaban J connectivity index is 2.04. The van der Waals surface area contributed by atoms with Crippen LogP contribution in [0.5, 0.6) is 0 Å². The molecular formula is C17H14F3NO. The molecule has 0 spiro atoms. The molecule has 1 aliphatic heterocycles. The number of halogens is 3. The lowest BCUT2D eigenvalue weighted by atomic mass is 10.0. The normalized spacial score (nSPS) is 14.4. The second-order valence-electron chi connectivity index (χ2n) is 5.50. The molecule has 0 saturated carbocycles. The minimum atomic E-state index is -4.42. The van der Waals surface area contributed by atoms with Gasteiger partial charge < -0.3 is 4.90 Å².